The van der Waals surface area contributed by atoms with Crippen LogP contribution in [0.2, 0.25) is 4.34 Å². The lowest BCUT2D eigenvalue weighted by Crippen LogP contribution is -2.66. The molecule has 0 aliphatic carbocycles. The molecule has 0 bridgehead atoms. The van der Waals surface area contributed by atoms with Crippen LogP contribution < -0.4 is 9.47 Å². The molecule has 4 rings (SSSR count). The normalized spacial score (nSPS) is 21.4. The lowest BCUT2D eigenvalue weighted by atomic mass is 9.91. The second kappa shape index (κ2) is 9.90. The Kier molecular flexibility index (Phi) is 7.15. The van der Waals surface area contributed by atoms with Gasteiger partial charge in [0.1, 0.15) is 6.04 Å². The Bertz CT molecular complexity index is 1040. The SMILES string of the molecule is CCOc1cc(C#N)ccc1O[C@@H]1C(=O)N(CC(C)(C)N2CCOCC2)[C@@H]1c1ccc(Cl)s1. The van der Waals surface area contributed by atoms with E-state index in [0.29, 0.717) is 47.8 Å². The van der Waals surface area contributed by atoms with Gasteiger partial charge in [-0.15, -0.1) is 11.3 Å². The number of halogens is 1. The van der Waals surface area contributed by atoms with Crippen molar-refractivity contribution in [1.82, 2.24) is 9.80 Å². The van der Waals surface area contributed by atoms with E-state index in [0.717, 1.165) is 18.0 Å². The van der Waals surface area contributed by atoms with Crippen LogP contribution in [0.25, 0.3) is 0 Å². The van der Waals surface area contributed by atoms with Gasteiger partial charge in [-0.05, 0) is 45.0 Å². The van der Waals surface area contributed by atoms with Crippen LogP contribution in [0.3, 0.4) is 0 Å². The van der Waals surface area contributed by atoms with Crippen molar-refractivity contribution in [1.29, 1.82) is 5.26 Å². The van der Waals surface area contributed by atoms with E-state index in [1.165, 1.54) is 11.3 Å². The summed E-state index contributed by atoms with van der Waals surface area (Å²) in [6.07, 6.45) is -0.688. The fraction of sp³-hybridized carbons (Fsp3) is 0.500. The molecule has 0 saturated carbocycles. The van der Waals surface area contributed by atoms with Crippen LogP contribution in [0.1, 0.15) is 37.3 Å². The Hall–Kier alpha value is -2.31. The molecule has 2 aromatic rings. The molecule has 2 saturated heterocycles. The highest BCUT2D eigenvalue weighted by molar-refractivity contribution is 7.16. The van der Waals surface area contributed by atoms with Gasteiger partial charge in [0, 0.05) is 36.1 Å². The number of nitrogens with zero attached hydrogens (tertiary/aromatic N) is 3. The fourth-order valence-electron chi connectivity index (χ4n) is 4.36. The van der Waals surface area contributed by atoms with Crippen LogP contribution in [0, 0.1) is 11.3 Å². The van der Waals surface area contributed by atoms with Crippen molar-refractivity contribution in [3.05, 3.63) is 45.1 Å². The first-order chi connectivity index (χ1) is 15.8. The van der Waals surface area contributed by atoms with E-state index >= 15 is 0 Å². The van der Waals surface area contributed by atoms with Gasteiger partial charge in [0.25, 0.3) is 5.91 Å². The van der Waals surface area contributed by atoms with Crippen LogP contribution in [0.5, 0.6) is 11.5 Å². The molecule has 2 aliphatic rings. The maximum Gasteiger partial charge on any atom is 0.266 e. The maximum atomic E-state index is 13.3. The molecule has 0 N–H and O–H groups in total. The zero-order valence-corrected chi connectivity index (χ0v) is 20.6. The highest BCUT2D eigenvalue weighted by Crippen LogP contribution is 2.44. The van der Waals surface area contributed by atoms with Gasteiger partial charge in [-0.25, -0.2) is 0 Å². The Balaban J connectivity index is 1.59. The summed E-state index contributed by atoms with van der Waals surface area (Å²) in [4.78, 5) is 18.6. The van der Waals surface area contributed by atoms with E-state index < -0.39 is 6.10 Å². The number of nitriles is 1. The van der Waals surface area contributed by atoms with Gasteiger partial charge in [0.2, 0.25) is 6.10 Å². The first kappa shape index (κ1) is 23.8. The minimum atomic E-state index is -0.688. The largest absolute Gasteiger partial charge is 0.490 e. The standard InChI is InChI=1S/C24H28ClN3O4S/c1-4-31-18-13-16(14-26)5-6-17(18)32-22-21(19-7-8-20(25)33-19)28(23(22)29)15-24(2,3)27-9-11-30-12-10-27/h5-8,13,21-22H,4,9-12,15H2,1-3H3/t21-,22+/m1/s1. The van der Waals surface area contributed by atoms with Crippen molar-refractivity contribution in [3.8, 4) is 17.6 Å². The van der Waals surface area contributed by atoms with Gasteiger partial charge in [0.05, 0.1) is 35.8 Å². The average molecular weight is 490 g/mol. The minimum Gasteiger partial charge on any atom is -0.490 e. The Labute approximate surface area is 203 Å². The van der Waals surface area contributed by atoms with Crippen LogP contribution in [-0.2, 0) is 9.53 Å². The molecule has 176 valence electrons. The topological polar surface area (TPSA) is 75.0 Å². The molecule has 1 aromatic heterocycles. The van der Waals surface area contributed by atoms with Gasteiger partial charge in [-0.2, -0.15) is 5.26 Å². The first-order valence-corrected chi connectivity index (χ1v) is 12.3. The number of carbonyl (C=O) groups excluding carboxylic acids is 1. The molecule has 2 aliphatic heterocycles. The Morgan fingerprint density at radius 3 is 2.64 bits per heavy atom. The molecule has 2 atom stereocenters. The quantitative estimate of drug-likeness (QED) is 0.519. The molecule has 0 spiro atoms. The molecular formula is C24H28ClN3O4S. The summed E-state index contributed by atoms with van der Waals surface area (Å²) in [7, 11) is 0. The number of hydrogen-bond acceptors (Lipinski definition) is 7. The molecule has 2 fully saturated rings. The lowest BCUT2D eigenvalue weighted by molar-refractivity contribution is -0.168. The summed E-state index contributed by atoms with van der Waals surface area (Å²) in [6.45, 7) is 10.3. The fourth-order valence-corrected chi connectivity index (χ4v) is 5.56. The van der Waals surface area contributed by atoms with Crippen molar-refractivity contribution >= 4 is 28.8 Å². The Morgan fingerprint density at radius 1 is 1.24 bits per heavy atom. The molecular weight excluding hydrogens is 462 g/mol. The van der Waals surface area contributed by atoms with E-state index in [4.69, 9.17) is 25.8 Å². The molecule has 0 unspecified atom stereocenters. The van der Waals surface area contributed by atoms with Gasteiger partial charge in [-0.1, -0.05) is 11.6 Å². The average Bonchev–Trinajstić information content (AvgIpc) is 3.24. The predicted octanol–water partition coefficient (Wildman–Crippen LogP) is 4.11. The van der Waals surface area contributed by atoms with Crippen LogP contribution in [-0.4, -0.2) is 66.8 Å². The number of hydrogen-bond donors (Lipinski definition) is 0. The van der Waals surface area contributed by atoms with Crippen LogP contribution >= 0.6 is 22.9 Å². The third-order valence-corrected chi connectivity index (χ3v) is 7.39. The zero-order valence-electron chi connectivity index (χ0n) is 19.0. The van der Waals surface area contributed by atoms with E-state index in [1.54, 1.807) is 18.2 Å². The number of morpholine rings is 1. The Morgan fingerprint density at radius 2 is 2.00 bits per heavy atom. The van der Waals surface area contributed by atoms with Gasteiger partial charge in [-0.3, -0.25) is 9.69 Å². The zero-order chi connectivity index (χ0) is 23.6. The summed E-state index contributed by atoms with van der Waals surface area (Å²) in [6, 6.07) is 10.7. The summed E-state index contributed by atoms with van der Waals surface area (Å²) in [5, 5.41) is 9.22. The maximum absolute atomic E-state index is 13.3. The molecule has 33 heavy (non-hydrogen) atoms. The van der Waals surface area contributed by atoms with Gasteiger partial charge >= 0.3 is 0 Å². The van der Waals surface area contributed by atoms with Crippen molar-refractivity contribution < 1.29 is 19.0 Å². The van der Waals surface area contributed by atoms with Crippen molar-refractivity contribution in [3.63, 3.8) is 0 Å². The van der Waals surface area contributed by atoms with Crippen molar-refractivity contribution in [2.45, 2.75) is 38.5 Å². The predicted molar refractivity (Wildman–Crippen MR) is 127 cm³/mol. The second-order valence-electron chi connectivity index (χ2n) is 8.71. The number of rotatable bonds is 8. The van der Waals surface area contributed by atoms with E-state index in [-0.39, 0.29) is 17.5 Å². The number of thiophene rings is 1. The van der Waals surface area contributed by atoms with E-state index in [2.05, 4.69) is 24.8 Å². The molecule has 1 aromatic carbocycles. The summed E-state index contributed by atoms with van der Waals surface area (Å²) in [5.74, 6) is 0.839. The third-order valence-electron chi connectivity index (χ3n) is 6.09. The summed E-state index contributed by atoms with van der Waals surface area (Å²) < 4.78 is 18.1. The van der Waals surface area contributed by atoms with Crippen LogP contribution in [0.4, 0.5) is 0 Å². The number of amides is 1. The molecule has 3 heterocycles. The smallest absolute Gasteiger partial charge is 0.266 e. The number of carbonyl (C=O) groups is 1. The number of ether oxygens (including phenoxy) is 3. The molecule has 9 heteroatoms. The first-order valence-electron chi connectivity index (χ1n) is 11.1. The summed E-state index contributed by atoms with van der Waals surface area (Å²) >= 11 is 7.69. The number of likely N-dealkylation sites (tertiary alicyclic amines) is 1. The van der Waals surface area contributed by atoms with Crippen molar-refractivity contribution in [2.24, 2.45) is 0 Å². The third kappa shape index (κ3) is 4.97. The highest BCUT2D eigenvalue weighted by atomic mass is 35.5. The second-order valence-corrected chi connectivity index (χ2v) is 10.5. The van der Waals surface area contributed by atoms with Gasteiger partial charge < -0.3 is 19.1 Å². The van der Waals surface area contributed by atoms with E-state index in [1.807, 2.05) is 24.0 Å². The molecule has 0 radical (unpaired) electrons. The van der Waals surface area contributed by atoms with E-state index in [9.17, 15) is 10.1 Å². The number of β-lactam (4-membered cyclic amide) rings is 1. The lowest BCUT2D eigenvalue weighted by Gasteiger charge is -2.51. The summed E-state index contributed by atoms with van der Waals surface area (Å²) in [5.41, 5.74) is 0.260. The minimum absolute atomic E-state index is 0.0716. The monoisotopic (exact) mass is 489 g/mol. The highest BCUT2D eigenvalue weighted by Gasteiger charge is 2.53. The molecule has 7 nitrogen and oxygen atoms in total. The van der Waals surface area contributed by atoms with Crippen LogP contribution in [0.15, 0.2) is 30.3 Å². The van der Waals surface area contributed by atoms with Crippen molar-refractivity contribution in [2.75, 3.05) is 39.5 Å². The molecule has 1 amide bonds. The number of benzene rings is 1. The van der Waals surface area contributed by atoms with Gasteiger partial charge in [0.15, 0.2) is 11.5 Å².